The van der Waals surface area contributed by atoms with Crippen molar-refractivity contribution in [3.63, 3.8) is 0 Å². The molecule has 1 N–H and O–H groups in total. The van der Waals surface area contributed by atoms with Crippen LogP contribution in [0.1, 0.15) is 39.8 Å². The monoisotopic (exact) mass is 440 g/mol. The number of sulfonamides is 1. The molecular formula is C23H28N4O3S. The summed E-state index contributed by atoms with van der Waals surface area (Å²) in [6.45, 7) is 8.07. The van der Waals surface area contributed by atoms with Gasteiger partial charge in [-0.25, -0.2) is 17.8 Å². The number of hydrogen-bond acceptors (Lipinski definition) is 4. The molecule has 0 aliphatic heterocycles. The number of carbonyl (C=O) groups is 1. The molecule has 0 saturated heterocycles. The number of benzene rings is 2. The number of para-hydroxylation sites is 1. The third-order valence-corrected chi connectivity index (χ3v) is 6.81. The molecule has 7 nitrogen and oxygen atoms in total. The van der Waals surface area contributed by atoms with Gasteiger partial charge in [-0.3, -0.25) is 4.79 Å². The fraction of sp³-hybridized carbons (Fsp3) is 0.304. The molecule has 0 aliphatic carbocycles. The van der Waals surface area contributed by atoms with Crippen molar-refractivity contribution in [2.24, 2.45) is 0 Å². The number of amides is 1. The Bertz CT molecular complexity index is 1200. The second-order valence-electron chi connectivity index (χ2n) is 7.54. The van der Waals surface area contributed by atoms with Gasteiger partial charge in [-0.2, -0.15) is 5.10 Å². The minimum atomic E-state index is -3.64. The van der Waals surface area contributed by atoms with Crippen LogP contribution in [0.2, 0.25) is 0 Å². The number of aryl methyl sites for hydroxylation is 2. The molecule has 1 heterocycles. The highest BCUT2D eigenvalue weighted by Gasteiger charge is 2.22. The average Bonchev–Trinajstić information content (AvgIpc) is 3.02. The van der Waals surface area contributed by atoms with Crippen LogP contribution in [0.4, 0.5) is 0 Å². The molecule has 31 heavy (non-hydrogen) atoms. The maximum Gasteiger partial charge on any atom is 0.254 e. The topological polar surface area (TPSA) is 84.3 Å². The summed E-state index contributed by atoms with van der Waals surface area (Å²) in [6, 6.07) is 14.5. The largest absolute Gasteiger partial charge is 0.337 e. The molecule has 0 radical (unpaired) electrons. The van der Waals surface area contributed by atoms with E-state index in [9.17, 15) is 13.2 Å². The molecule has 0 aliphatic rings. The van der Waals surface area contributed by atoms with Gasteiger partial charge in [0.1, 0.15) is 0 Å². The van der Waals surface area contributed by atoms with E-state index in [1.807, 2.05) is 48.9 Å². The Morgan fingerprint density at radius 1 is 1.10 bits per heavy atom. The van der Waals surface area contributed by atoms with E-state index in [2.05, 4.69) is 9.82 Å². The van der Waals surface area contributed by atoms with Gasteiger partial charge < -0.3 is 4.90 Å². The summed E-state index contributed by atoms with van der Waals surface area (Å²) >= 11 is 0. The molecule has 2 aromatic carbocycles. The minimum absolute atomic E-state index is 0.0842. The predicted molar refractivity (Wildman–Crippen MR) is 121 cm³/mol. The molecule has 164 valence electrons. The van der Waals surface area contributed by atoms with Crippen molar-refractivity contribution in [3.05, 3.63) is 76.6 Å². The Balaban J connectivity index is 1.89. The Labute approximate surface area is 183 Å². The first-order chi connectivity index (χ1) is 14.7. The molecule has 0 spiro atoms. The molecule has 0 atom stereocenters. The van der Waals surface area contributed by atoms with Crippen LogP contribution in [-0.4, -0.2) is 42.6 Å². The van der Waals surface area contributed by atoms with E-state index in [1.54, 1.807) is 31.9 Å². The zero-order chi connectivity index (χ0) is 22.8. The van der Waals surface area contributed by atoms with Gasteiger partial charge in [-0.1, -0.05) is 31.2 Å². The quantitative estimate of drug-likeness (QED) is 0.611. The fourth-order valence-electron chi connectivity index (χ4n) is 3.51. The lowest BCUT2D eigenvalue weighted by Crippen LogP contribution is -2.28. The van der Waals surface area contributed by atoms with E-state index in [4.69, 9.17) is 0 Å². The summed E-state index contributed by atoms with van der Waals surface area (Å²) in [5.41, 5.74) is 4.83. The molecule has 1 amide bonds. The van der Waals surface area contributed by atoms with Crippen molar-refractivity contribution >= 4 is 15.9 Å². The lowest BCUT2D eigenvalue weighted by molar-refractivity contribution is 0.0783. The van der Waals surface area contributed by atoms with Crippen molar-refractivity contribution < 1.29 is 13.2 Å². The van der Waals surface area contributed by atoms with Gasteiger partial charge in [-0.15, -0.1) is 0 Å². The predicted octanol–water partition coefficient (Wildman–Crippen LogP) is 3.37. The van der Waals surface area contributed by atoms with Gasteiger partial charge in [-0.05, 0) is 50.6 Å². The normalized spacial score (nSPS) is 11.5. The summed E-state index contributed by atoms with van der Waals surface area (Å²) in [4.78, 5) is 14.9. The zero-order valence-electron chi connectivity index (χ0n) is 18.5. The number of aromatic nitrogens is 2. The van der Waals surface area contributed by atoms with Gasteiger partial charge in [0.2, 0.25) is 10.0 Å². The van der Waals surface area contributed by atoms with Crippen molar-refractivity contribution in [2.75, 3.05) is 13.6 Å². The number of nitrogens with one attached hydrogen (secondary N) is 1. The highest BCUT2D eigenvalue weighted by atomic mass is 32.2. The molecule has 8 heteroatoms. The van der Waals surface area contributed by atoms with Gasteiger partial charge >= 0.3 is 0 Å². The van der Waals surface area contributed by atoms with Gasteiger partial charge in [0.15, 0.2) is 0 Å². The van der Waals surface area contributed by atoms with Crippen LogP contribution >= 0.6 is 0 Å². The number of hydrogen-bond donors (Lipinski definition) is 1. The standard InChI is InChI=1S/C23H28N4O3S/c1-6-24-31(29,30)20-13-12-16(2)21(14-20)23(28)26(5)15-22-17(3)25-27(18(22)4)19-10-8-7-9-11-19/h7-14,24H,6,15H2,1-5H3. The zero-order valence-corrected chi connectivity index (χ0v) is 19.3. The smallest absolute Gasteiger partial charge is 0.254 e. The highest BCUT2D eigenvalue weighted by Crippen LogP contribution is 2.22. The first-order valence-electron chi connectivity index (χ1n) is 10.1. The molecule has 3 aromatic rings. The first-order valence-corrected chi connectivity index (χ1v) is 11.6. The fourth-order valence-corrected chi connectivity index (χ4v) is 4.58. The molecule has 3 rings (SSSR count). The third kappa shape index (κ3) is 4.70. The number of rotatable bonds is 7. The Hall–Kier alpha value is -2.97. The van der Waals surface area contributed by atoms with Crippen LogP contribution in [0.25, 0.3) is 5.69 Å². The highest BCUT2D eigenvalue weighted by molar-refractivity contribution is 7.89. The van der Waals surface area contributed by atoms with Crippen LogP contribution in [0.15, 0.2) is 53.4 Å². The molecular weight excluding hydrogens is 412 g/mol. The van der Waals surface area contributed by atoms with Crippen molar-refractivity contribution in [3.8, 4) is 5.69 Å². The maximum absolute atomic E-state index is 13.2. The Kier molecular flexibility index (Phi) is 6.62. The first kappa shape index (κ1) is 22.7. The van der Waals surface area contributed by atoms with Crippen LogP contribution in [0.5, 0.6) is 0 Å². The van der Waals surface area contributed by atoms with E-state index >= 15 is 0 Å². The Morgan fingerprint density at radius 2 is 1.77 bits per heavy atom. The van der Waals surface area contributed by atoms with E-state index in [0.717, 1.165) is 28.2 Å². The van der Waals surface area contributed by atoms with Gasteiger partial charge in [0, 0.05) is 37.0 Å². The van der Waals surface area contributed by atoms with Crippen molar-refractivity contribution in [1.29, 1.82) is 0 Å². The van der Waals surface area contributed by atoms with Crippen LogP contribution in [-0.2, 0) is 16.6 Å². The van der Waals surface area contributed by atoms with Crippen LogP contribution in [0, 0.1) is 20.8 Å². The lowest BCUT2D eigenvalue weighted by Gasteiger charge is -2.19. The maximum atomic E-state index is 13.2. The summed E-state index contributed by atoms with van der Waals surface area (Å²) in [5, 5.41) is 4.64. The number of carbonyl (C=O) groups excluding carboxylic acids is 1. The van der Waals surface area contributed by atoms with E-state index in [-0.39, 0.29) is 17.3 Å². The summed E-state index contributed by atoms with van der Waals surface area (Å²) < 4.78 is 29.1. The van der Waals surface area contributed by atoms with Crippen LogP contribution < -0.4 is 4.72 Å². The minimum Gasteiger partial charge on any atom is -0.337 e. The summed E-state index contributed by atoms with van der Waals surface area (Å²) in [5.74, 6) is -0.239. The summed E-state index contributed by atoms with van der Waals surface area (Å²) in [7, 11) is -1.93. The molecule has 0 bridgehead atoms. The molecule has 1 aromatic heterocycles. The van der Waals surface area contributed by atoms with Crippen molar-refractivity contribution in [1.82, 2.24) is 19.4 Å². The Morgan fingerprint density at radius 3 is 2.42 bits per heavy atom. The van der Waals surface area contributed by atoms with Gasteiger partial charge in [0.25, 0.3) is 5.91 Å². The van der Waals surface area contributed by atoms with Crippen LogP contribution in [0.3, 0.4) is 0 Å². The van der Waals surface area contributed by atoms with Crippen molar-refractivity contribution in [2.45, 2.75) is 39.1 Å². The third-order valence-electron chi connectivity index (χ3n) is 5.27. The molecule has 0 unspecified atom stereocenters. The second-order valence-corrected chi connectivity index (χ2v) is 9.30. The molecule has 0 saturated carbocycles. The SMILES string of the molecule is CCNS(=O)(=O)c1ccc(C)c(C(=O)N(C)Cc2c(C)nn(-c3ccccc3)c2C)c1. The van der Waals surface area contributed by atoms with E-state index < -0.39 is 10.0 Å². The summed E-state index contributed by atoms with van der Waals surface area (Å²) in [6.07, 6.45) is 0. The number of nitrogens with zero attached hydrogens (tertiary/aromatic N) is 3. The van der Waals surface area contributed by atoms with E-state index in [1.165, 1.54) is 12.1 Å². The second kappa shape index (κ2) is 9.03. The lowest BCUT2D eigenvalue weighted by atomic mass is 10.1. The molecule has 0 fully saturated rings. The van der Waals surface area contributed by atoms with E-state index in [0.29, 0.717) is 12.1 Å². The average molecular weight is 441 g/mol. The van der Waals surface area contributed by atoms with Gasteiger partial charge in [0.05, 0.1) is 16.3 Å².